The van der Waals surface area contributed by atoms with Crippen LogP contribution >= 0.6 is 0 Å². The van der Waals surface area contributed by atoms with E-state index < -0.39 is 34.5 Å². The summed E-state index contributed by atoms with van der Waals surface area (Å²) < 4.78 is 24.6. The highest BCUT2D eigenvalue weighted by atomic mass is 19.1. The number of aromatic nitrogens is 4. The smallest absolute Gasteiger partial charge is 0.341 e. The summed E-state index contributed by atoms with van der Waals surface area (Å²) in [7, 11) is 1.38. The van der Waals surface area contributed by atoms with Gasteiger partial charge >= 0.3 is 5.97 Å². The van der Waals surface area contributed by atoms with Crippen molar-refractivity contribution in [2.45, 2.75) is 44.9 Å². The Kier molecular flexibility index (Phi) is 8.04. The van der Waals surface area contributed by atoms with Crippen LogP contribution in [-0.4, -0.2) is 97.3 Å². The van der Waals surface area contributed by atoms with E-state index in [2.05, 4.69) is 15.5 Å². The number of benzene rings is 2. The first kappa shape index (κ1) is 32.4. The maximum atomic E-state index is 15.8. The molecular formula is C33H31FN8O8. The topological polar surface area (TPSA) is 193 Å². The largest absolute Gasteiger partial charge is 0.492 e. The fraction of sp³-hybridized carbons (Fsp3) is 0.333. The minimum atomic E-state index is -1.39. The van der Waals surface area contributed by atoms with E-state index in [0.717, 1.165) is 25.1 Å². The summed E-state index contributed by atoms with van der Waals surface area (Å²) in [5, 5.41) is 29.4. The molecule has 17 heteroatoms. The number of hydrogen-bond acceptors (Lipinski definition) is 11. The molecule has 7 rings (SSSR count). The second-order valence-corrected chi connectivity index (χ2v) is 12.5. The third-order valence-corrected chi connectivity index (χ3v) is 9.24. The molecule has 0 bridgehead atoms. The highest BCUT2D eigenvalue weighted by Gasteiger charge is 2.37. The maximum absolute atomic E-state index is 15.8. The van der Waals surface area contributed by atoms with Gasteiger partial charge in [-0.15, -0.1) is 5.10 Å². The summed E-state index contributed by atoms with van der Waals surface area (Å²) >= 11 is 0. The lowest BCUT2D eigenvalue weighted by atomic mass is 10.1. The van der Waals surface area contributed by atoms with Crippen molar-refractivity contribution in [3.05, 3.63) is 75.1 Å². The molecule has 0 radical (unpaired) electrons. The van der Waals surface area contributed by atoms with Gasteiger partial charge in [-0.2, -0.15) is 0 Å². The van der Waals surface area contributed by atoms with Crippen LogP contribution in [0.5, 0.6) is 5.75 Å². The Morgan fingerprint density at radius 3 is 2.60 bits per heavy atom. The average molecular weight is 687 g/mol. The van der Waals surface area contributed by atoms with Crippen LogP contribution in [0, 0.1) is 5.82 Å². The Labute approximate surface area is 282 Å². The number of ketones is 1. The van der Waals surface area contributed by atoms with Crippen molar-refractivity contribution in [1.29, 1.82) is 0 Å². The molecule has 16 nitrogen and oxygen atoms in total. The number of piperazine rings is 1. The van der Waals surface area contributed by atoms with Gasteiger partial charge in [-0.1, -0.05) is 16.4 Å². The summed E-state index contributed by atoms with van der Waals surface area (Å²) in [5.74, 6) is -3.70. The molecule has 1 aliphatic carbocycles. The second-order valence-electron chi connectivity index (χ2n) is 12.5. The molecule has 4 aromatic rings. The molecule has 0 spiro atoms. The minimum Gasteiger partial charge on any atom is -0.492 e. The zero-order chi connectivity index (χ0) is 35.4. The highest BCUT2D eigenvalue weighted by molar-refractivity contribution is 6.52. The Bertz CT molecular complexity index is 2190. The number of pyridine rings is 1. The average Bonchev–Trinajstić information content (AvgIpc) is 3.80. The van der Waals surface area contributed by atoms with E-state index in [1.54, 1.807) is 26.5 Å². The van der Waals surface area contributed by atoms with Gasteiger partial charge in [0.25, 0.3) is 11.7 Å². The van der Waals surface area contributed by atoms with Crippen LogP contribution in [0.2, 0.25) is 0 Å². The fourth-order valence-corrected chi connectivity index (χ4v) is 6.76. The minimum absolute atomic E-state index is 0.0377. The summed E-state index contributed by atoms with van der Waals surface area (Å²) in [6.45, 7) is 2.34. The predicted octanol–water partition coefficient (Wildman–Crippen LogP) is 2.05. The highest BCUT2D eigenvalue weighted by Crippen LogP contribution is 2.44. The Morgan fingerprint density at radius 2 is 1.92 bits per heavy atom. The van der Waals surface area contributed by atoms with Crippen LogP contribution in [-0.2, 0) is 22.7 Å². The second kappa shape index (κ2) is 12.4. The number of methoxy groups -OCH3 is 1. The van der Waals surface area contributed by atoms with E-state index in [1.807, 2.05) is 6.92 Å². The van der Waals surface area contributed by atoms with Gasteiger partial charge in [-0.3, -0.25) is 24.1 Å². The monoisotopic (exact) mass is 686 g/mol. The number of nitrogens with zero attached hydrogens (tertiary/aromatic N) is 8. The van der Waals surface area contributed by atoms with Crippen LogP contribution in [0.4, 0.5) is 15.8 Å². The Morgan fingerprint density at radius 1 is 1.14 bits per heavy atom. The third kappa shape index (κ3) is 5.49. The number of anilines is 2. The summed E-state index contributed by atoms with van der Waals surface area (Å²) in [6, 6.07) is 5.29. The Hall–Kier alpha value is -6.13. The van der Waals surface area contributed by atoms with E-state index in [1.165, 1.54) is 35.2 Å². The lowest BCUT2D eigenvalue weighted by molar-refractivity contribution is -0.134. The molecule has 1 saturated carbocycles. The predicted molar refractivity (Wildman–Crippen MR) is 175 cm³/mol. The lowest BCUT2D eigenvalue weighted by Crippen LogP contribution is -2.55. The molecule has 2 amide bonds. The van der Waals surface area contributed by atoms with Crippen LogP contribution in [0.25, 0.3) is 10.9 Å². The third-order valence-electron chi connectivity index (χ3n) is 9.24. The quantitative estimate of drug-likeness (QED) is 0.113. The van der Waals surface area contributed by atoms with Crippen LogP contribution in [0.3, 0.4) is 0 Å². The molecule has 2 fully saturated rings. The van der Waals surface area contributed by atoms with E-state index in [9.17, 15) is 29.1 Å². The van der Waals surface area contributed by atoms with Gasteiger partial charge in [-0.05, 0) is 43.5 Å². The Balaban J connectivity index is 1.06. The van der Waals surface area contributed by atoms with Crippen molar-refractivity contribution in [1.82, 2.24) is 24.5 Å². The number of halogens is 1. The molecule has 258 valence electrons. The number of carboxylic acids is 1. The molecule has 3 aliphatic rings. The molecule has 2 N–H and O–H groups in total. The first-order valence-corrected chi connectivity index (χ1v) is 15.8. The summed E-state index contributed by atoms with van der Waals surface area (Å²) in [6.07, 6.45) is 5.54. The van der Waals surface area contributed by atoms with Crippen molar-refractivity contribution in [2.75, 3.05) is 36.5 Å². The SMILES string of the molecule is COc1c(N2CCN(C(=O)Cn3cc(CN4C(=O)C(=O)c5cc(/C=N/O)ccc54)nn3)C(C)C2)c(F)cc2c(=O)c(C(=O)O)cn(C3CC3)c12. The first-order valence-electron chi connectivity index (χ1n) is 15.8. The number of hydrogen-bond donors (Lipinski definition) is 2. The van der Waals surface area contributed by atoms with Crippen molar-refractivity contribution < 1.29 is 38.6 Å². The molecule has 1 atom stereocenters. The van der Waals surface area contributed by atoms with Crippen molar-refractivity contribution in [3.63, 3.8) is 0 Å². The van der Waals surface area contributed by atoms with Gasteiger partial charge in [0.05, 0.1) is 48.2 Å². The number of aromatic carboxylic acids is 1. The molecule has 2 aromatic heterocycles. The van der Waals surface area contributed by atoms with Crippen molar-refractivity contribution in [3.8, 4) is 5.75 Å². The normalized spacial score (nSPS) is 17.7. The number of rotatable bonds is 9. The maximum Gasteiger partial charge on any atom is 0.341 e. The number of ether oxygens (including phenoxy) is 1. The fourth-order valence-electron chi connectivity index (χ4n) is 6.76. The van der Waals surface area contributed by atoms with Gasteiger partial charge in [0.2, 0.25) is 11.3 Å². The van der Waals surface area contributed by atoms with Crippen LogP contribution < -0.4 is 20.0 Å². The molecule has 50 heavy (non-hydrogen) atoms. The zero-order valence-corrected chi connectivity index (χ0v) is 26.9. The number of amides is 2. The number of carboxylic acid groups (broad SMARTS) is 1. The number of fused-ring (bicyclic) bond motifs is 2. The van der Waals surface area contributed by atoms with E-state index in [-0.39, 0.29) is 73.1 Å². The molecule has 2 aromatic carbocycles. The zero-order valence-electron chi connectivity index (χ0n) is 26.9. The van der Waals surface area contributed by atoms with Crippen molar-refractivity contribution in [2.24, 2.45) is 5.16 Å². The molecule has 4 heterocycles. The summed E-state index contributed by atoms with van der Waals surface area (Å²) in [5.41, 5.74) is 0.594. The number of Topliss-reactive ketones (excluding diaryl/α,β-unsaturated/α-hetero) is 1. The van der Waals surface area contributed by atoms with Gasteiger partial charge < -0.3 is 29.4 Å². The lowest BCUT2D eigenvalue weighted by Gasteiger charge is -2.41. The standard InChI is InChI=1S/C33H31FN8O8/c1-17-12-38(28-24(34)10-22-27(31(28)50-2)41(20-4-5-20)15-23(29(22)44)33(47)48)7-8-40(17)26(43)16-39-13-19(36-37-39)14-42-25-6-3-18(11-35-49)9-21(25)30(45)32(42)46/h3,6,9-11,13,15,17,20,49H,4-5,7-8,12,14,16H2,1-2H3,(H,47,48)/b35-11+. The van der Waals surface area contributed by atoms with Gasteiger partial charge in [0, 0.05) is 37.9 Å². The molecule has 1 unspecified atom stereocenters. The number of oxime groups is 1. The number of carbonyl (C=O) groups is 4. The van der Waals surface area contributed by atoms with Crippen LogP contribution in [0.15, 0.2) is 46.6 Å². The van der Waals surface area contributed by atoms with Gasteiger partial charge in [0.15, 0.2) is 11.6 Å². The van der Waals surface area contributed by atoms with E-state index in [4.69, 9.17) is 9.94 Å². The van der Waals surface area contributed by atoms with Gasteiger partial charge in [0.1, 0.15) is 23.5 Å². The van der Waals surface area contributed by atoms with Crippen LogP contribution in [0.1, 0.15) is 57.8 Å². The van der Waals surface area contributed by atoms with E-state index >= 15 is 4.39 Å². The molecule has 2 aliphatic heterocycles. The number of carbonyl (C=O) groups excluding carboxylic acids is 3. The van der Waals surface area contributed by atoms with Crippen molar-refractivity contribution >= 4 is 52.1 Å². The molecular weight excluding hydrogens is 655 g/mol. The van der Waals surface area contributed by atoms with E-state index in [0.29, 0.717) is 22.5 Å². The summed E-state index contributed by atoms with van der Waals surface area (Å²) in [4.78, 5) is 68.3. The molecule has 1 saturated heterocycles. The first-order chi connectivity index (χ1) is 24.0. The van der Waals surface area contributed by atoms with Gasteiger partial charge in [-0.25, -0.2) is 13.9 Å².